The third kappa shape index (κ3) is 3.41. The first-order chi connectivity index (χ1) is 8.15. The third-order valence-electron chi connectivity index (χ3n) is 3.02. The molecule has 2 rings (SSSR count). The second-order valence-corrected chi connectivity index (χ2v) is 4.84. The van der Waals surface area contributed by atoms with Crippen molar-refractivity contribution in [3.8, 4) is 0 Å². The molecular formula is C12H15ClN2O2. The van der Waals surface area contributed by atoms with Crippen LogP contribution in [0.1, 0.15) is 29.8 Å². The first-order valence-electron chi connectivity index (χ1n) is 5.73. The number of pyridine rings is 1. The van der Waals surface area contributed by atoms with Crippen LogP contribution in [0.4, 0.5) is 0 Å². The average molecular weight is 255 g/mol. The second kappa shape index (κ2) is 5.47. The Kier molecular flexibility index (Phi) is 3.97. The predicted octanol–water partition coefficient (Wildman–Crippen LogP) is 1.63. The van der Waals surface area contributed by atoms with Gasteiger partial charge in [0.15, 0.2) is 0 Å². The number of hydrogen-bond acceptors (Lipinski definition) is 3. The van der Waals surface area contributed by atoms with Crippen molar-refractivity contribution in [1.82, 2.24) is 10.3 Å². The minimum atomic E-state index is -0.214. The molecule has 92 valence electrons. The summed E-state index contributed by atoms with van der Waals surface area (Å²) in [6, 6.07) is 3.17. The maximum atomic E-state index is 11.7. The van der Waals surface area contributed by atoms with Gasteiger partial charge in [-0.2, -0.15) is 0 Å². The van der Waals surface area contributed by atoms with E-state index in [0.29, 0.717) is 23.2 Å². The Balaban J connectivity index is 1.85. The van der Waals surface area contributed by atoms with Crippen molar-refractivity contribution in [2.24, 2.45) is 5.92 Å². The van der Waals surface area contributed by atoms with E-state index in [1.807, 2.05) is 0 Å². The summed E-state index contributed by atoms with van der Waals surface area (Å²) < 4.78 is 0. The average Bonchev–Trinajstić information content (AvgIpc) is 2.72. The number of carbonyl (C=O) groups excluding carboxylic acids is 1. The van der Waals surface area contributed by atoms with Crippen molar-refractivity contribution in [3.05, 3.63) is 29.0 Å². The van der Waals surface area contributed by atoms with Crippen LogP contribution >= 0.6 is 11.6 Å². The van der Waals surface area contributed by atoms with Gasteiger partial charge in [-0.25, -0.2) is 0 Å². The molecule has 1 fully saturated rings. The van der Waals surface area contributed by atoms with E-state index in [2.05, 4.69) is 10.3 Å². The van der Waals surface area contributed by atoms with Gasteiger partial charge in [0.05, 0.1) is 6.10 Å². The number of carbonyl (C=O) groups is 1. The molecule has 0 spiro atoms. The lowest BCUT2D eigenvalue weighted by Gasteiger charge is -2.10. The molecule has 1 heterocycles. The molecule has 2 N–H and O–H groups in total. The minimum absolute atomic E-state index is 0.207. The summed E-state index contributed by atoms with van der Waals surface area (Å²) in [5.41, 5.74) is 0.330. The lowest BCUT2D eigenvalue weighted by atomic mass is 10.1. The number of aliphatic hydroxyl groups excluding tert-OH is 1. The van der Waals surface area contributed by atoms with Gasteiger partial charge in [0.2, 0.25) is 0 Å². The van der Waals surface area contributed by atoms with E-state index in [0.717, 1.165) is 19.3 Å². The van der Waals surface area contributed by atoms with Crippen molar-refractivity contribution in [1.29, 1.82) is 0 Å². The molecular weight excluding hydrogens is 240 g/mol. The fourth-order valence-corrected chi connectivity index (χ4v) is 2.25. The Hall–Kier alpha value is -1.13. The van der Waals surface area contributed by atoms with E-state index in [9.17, 15) is 9.90 Å². The van der Waals surface area contributed by atoms with E-state index in [4.69, 9.17) is 11.6 Å². The molecule has 0 aliphatic heterocycles. The zero-order valence-electron chi connectivity index (χ0n) is 9.40. The summed E-state index contributed by atoms with van der Waals surface area (Å²) in [4.78, 5) is 15.7. The first kappa shape index (κ1) is 12.3. The number of hydrogen-bond donors (Lipinski definition) is 2. The Bertz CT molecular complexity index is 411. The van der Waals surface area contributed by atoms with Crippen molar-refractivity contribution in [2.45, 2.75) is 25.4 Å². The molecule has 1 aliphatic carbocycles. The molecule has 1 saturated carbocycles. The van der Waals surface area contributed by atoms with Crippen LogP contribution in [0.25, 0.3) is 0 Å². The van der Waals surface area contributed by atoms with Gasteiger partial charge in [-0.15, -0.1) is 0 Å². The number of nitrogens with zero attached hydrogens (tertiary/aromatic N) is 1. The van der Waals surface area contributed by atoms with Crippen LogP contribution in [0, 0.1) is 5.92 Å². The van der Waals surface area contributed by atoms with E-state index >= 15 is 0 Å². The zero-order chi connectivity index (χ0) is 12.3. The van der Waals surface area contributed by atoms with Crippen LogP contribution in [0.3, 0.4) is 0 Å². The summed E-state index contributed by atoms with van der Waals surface area (Å²) in [7, 11) is 0. The second-order valence-electron chi connectivity index (χ2n) is 4.40. The largest absolute Gasteiger partial charge is 0.393 e. The maximum absolute atomic E-state index is 11.7. The minimum Gasteiger partial charge on any atom is -0.393 e. The molecule has 1 aromatic heterocycles. The molecule has 1 aliphatic rings. The van der Waals surface area contributed by atoms with Crippen molar-refractivity contribution >= 4 is 17.5 Å². The molecule has 1 aromatic rings. The normalized spacial score (nSPS) is 23.6. The SMILES string of the molecule is O=C(NCC1CCC(O)C1)c1cc(Cl)ccn1. The van der Waals surface area contributed by atoms with Crippen LogP contribution in [-0.2, 0) is 0 Å². The summed E-state index contributed by atoms with van der Waals surface area (Å²) >= 11 is 5.78. The highest BCUT2D eigenvalue weighted by Crippen LogP contribution is 2.24. The van der Waals surface area contributed by atoms with Crippen LogP contribution in [0.5, 0.6) is 0 Å². The summed E-state index contributed by atoms with van der Waals surface area (Å²) in [6.45, 7) is 0.587. The molecule has 4 nitrogen and oxygen atoms in total. The number of aliphatic hydroxyl groups is 1. The zero-order valence-corrected chi connectivity index (χ0v) is 10.2. The molecule has 0 bridgehead atoms. The van der Waals surface area contributed by atoms with E-state index in [-0.39, 0.29) is 12.0 Å². The van der Waals surface area contributed by atoms with Gasteiger partial charge in [0, 0.05) is 17.8 Å². The molecule has 2 atom stereocenters. The molecule has 0 saturated heterocycles. The Morgan fingerprint density at radius 3 is 3.06 bits per heavy atom. The fourth-order valence-electron chi connectivity index (χ4n) is 2.09. The highest BCUT2D eigenvalue weighted by Gasteiger charge is 2.23. The van der Waals surface area contributed by atoms with Crippen molar-refractivity contribution in [2.75, 3.05) is 6.54 Å². The predicted molar refractivity (Wildman–Crippen MR) is 64.9 cm³/mol. The van der Waals surface area contributed by atoms with Gasteiger partial charge in [-0.1, -0.05) is 11.6 Å². The standard InChI is InChI=1S/C12H15ClN2O2/c13-9-3-4-14-11(6-9)12(17)15-7-8-1-2-10(16)5-8/h3-4,6,8,10,16H,1-2,5,7H2,(H,15,17). The van der Waals surface area contributed by atoms with E-state index in [1.54, 1.807) is 12.1 Å². The van der Waals surface area contributed by atoms with E-state index < -0.39 is 0 Å². The van der Waals surface area contributed by atoms with Crippen LogP contribution in [0.15, 0.2) is 18.3 Å². The van der Waals surface area contributed by atoms with Gasteiger partial charge in [0.1, 0.15) is 5.69 Å². The number of rotatable bonds is 3. The Labute approximate surface area is 105 Å². The maximum Gasteiger partial charge on any atom is 0.269 e. The van der Waals surface area contributed by atoms with Crippen LogP contribution < -0.4 is 5.32 Å². The molecule has 5 heteroatoms. The van der Waals surface area contributed by atoms with Gasteiger partial charge < -0.3 is 10.4 Å². The summed E-state index contributed by atoms with van der Waals surface area (Å²) in [5.74, 6) is 0.155. The third-order valence-corrected chi connectivity index (χ3v) is 3.25. The smallest absolute Gasteiger partial charge is 0.269 e. The highest BCUT2D eigenvalue weighted by molar-refractivity contribution is 6.30. The van der Waals surface area contributed by atoms with Gasteiger partial charge in [-0.3, -0.25) is 9.78 Å². The highest BCUT2D eigenvalue weighted by atomic mass is 35.5. The van der Waals surface area contributed by atoms with Crippen LogP contribution in [0.2, 0.25) is 5.02 Å². The molecule has 17 heavy (non-hydrogen) atoms. The topological polar surface area (TPSA) is 62.2 Å². The van der Waals surface area contributed by atoms with E-state index in [1.165, 1.54) is 6.20 Å². The van der Waals surface area contributed by atoms with Gasteiger partial charge in [-0.05, 0) is 37.3 Å². The van der Waals surface area contributed by atoms with Gasteiger partial charge in [0.25, 0.3) is 5.91 Å². The van der Waals surface area contributed by atoms with Crippen LogP contribution in [-0.4, -0.2) is 28.6 Å². The number of amides is 1. The van der Waals surface area contributed by atoms with Gasteiger partial charge >= 0.3 is 0 Å². The monoisotopic (exact) mass is 254 g/mol. The fraction of sp³-hybridized carbons (Fsp3) is 0.500. The lowest BCUT2D eigenvalue weighted by Crippen LogP contribution is -2.29. The first-order valence-corrected chi connectivity index (χ1v) is 6.11. The Morgan fingerprint density at radius 2 is 2.41 bits per heavy atom. The number of nitrogens with one attached hydrogen (secondary N) is 1. The Morgan fingerprint density at radius 1 is 1.59 bits per heavy atom. The molecule has 0 radical (unpaired) electrons. The number of aromatic nitrogens is 1. The summed E-state index contributed by atoms with van der Waals surface area (Å²) in [5, 5.41) is 12.7. The molecule has 2 unspecified atom stereocenters. The van der Waals surface area contributed by atoms with Crippen molar-refractivity contribution < 1.29 is 9.90 Å². The lowest BCUT2D eigenvalue weighted by molar-refractivity contribution is 0.0940. The molecule has 0 aromatic carbocycles. The quantitative estimate of drug-likeness (QED) is 0.862. The summed E-state index contributed by atoms with van der Waals surface area (Å²) in [6.07, 6.45) is 3.86. The molecule has 1 amide bonds. The number of halogens is 1. The van der Waals surface area contributed by atoms with Crippen molar-refractivity contribution in [3.63, 3.8) is 0 Å².